The summed E-state index contributed by atoms with van der Waals surface area (Å²) < 4.78 is 22.9. The van der Waals surface area contributed by atoms with E-state index in [9.17, 15) is 9.00 Å². The van der Waals surface area contributed by atoms with Gasteiger partial charge in [-0.25, -0.2) is 13.6 Å². The van der Waals surface area contributed by atoms with Crippen LogP contribution >= 0.6 is 11.3 Å². The average molecular weight is 394 g/mol. The number of oxazole rings is 1. The number of nitrogens with zero attached hydrogens (tertiary/aromatic N) is 3. The summed E-state index contributed by atoms with van der Waals surface area (Å²) in [4.78, 5) is 20.6. The van der Waals surface area contributed by atoms with Gasteiger partial charge in [0, 0.05) is 29.1 Å². The number of hydrogen-bond acceptors (Lipinski definition) is 6. The lowest BCUT2D eigenvalue weighted by molar-refractivity contribution is 0.0601. The van der Waals surface area contributed by atoms with Crippen molar-refractivity contribution >= 4 is 27.0 Å². The van der Waals surface area contributed by atoms with Crippen molar-refractivity contribution in [1.82, 2.24) is 9.88 Å². The Bertz CT molecular complexity index is 941. The Labute approximate surface area is 157 Å². The number of carbonyl (C=O) groups excluding carboxylic acids is 1. The van der Waals surface area contributed by atoms with Gasteiger partial charge in [-0.2, -0.15) is 0 Å². The van der Waals surface area contributed by atoms with Crippen LogP contribution in [0.5, 0.6) is 0 Å². The molecule has 140 valence electrons. The van der Waals surface area contributed by atoms with E-state index in [1.807, 2.05) is 22.4 Å². The number of amides is 1. The SMILES string of the molecule is CN=S1(=O)CCCC2(CCCN2C(=O)c2nc(-c3cccs3)oc2C)C1. The molecule has 4 rings (SSSR count). The molecule has 2 saturated heterocycles. The van der Waals surface area contributed by atoms with Gasteiger partial charge in [0.1, 0.15) is 5.76 Å². The van der Waals surface area contributed by atoms with Crippen molar-refractivity contribution in [3.05, 3.63) is 29.0 Å². The van der Waals surface area contributed by atoms with Crippen molar-refractivity contribution < 1.29 is 13.4 Å². The first-order valence-corrected chi connectivity index (χ1v) is 11.6. The van der Waals surface area contributed by atoms with Crippen LogP contribution in [0.2, 0.25) is 0 Å². The zero-order valence-electron chi connectivity index (χ0n) is 15.1. The molecule has 0 N–H and O–H groups in total. The van der Waals surface area contributed by atoms with Crippen molar-refractivity contribution in [1.29, 1.82) is 0 Å². The second-order valence-electron chi connectivity index (χ2n) is 7.09. The first-order valence-electron chi connectivity index (χ1n) is 8.90. The van der Waals surface area contributed by atoms with Crippen LogP contribution < -0.4 is 0 Å². The molecule has 2 fully saturated rings. The third-order valence-electron chi connectivity index (χ3n) is 5.51. The lowest BCUT2D eigenvalue weighted by Gasteiger charge is -2.42. The molecule has 0 aromatic carbocycles. The quantitative estimate of drug-likeness (QED) is 0.781. The largest absolute Gasteiger partial charge is 0.440 e. The zero-order chi connectivity index (χ0) is 18.4. The molecule has 2 aromatic rings. The number of likely N-dealkylation sites (tertiary alicyclic amines) is 1. The monoisotopic (exact) mass is 393 g/mol. The summed E-state index contributed by atoms with van der Waals surface area (Å²) in [5.41, 5.74) is 0.0284. The van der Waals surface area contributed by atoms with Crippen LogP contribution in [0.4, 0.5) is 0 Å². The molecule has 6 nitrogen and oxygen atoms in total. The fourth-order valence-electron chi connectivity index (χ4n) is 4.24. The normalized spacial score (nSPS) is 28.6. The Morgan fingerprint density at radius 3 is 2.96 bits per heavy atom. The lowest BCUT2D eigenvalue weighted by atomic mass is 9.92. The summed E-state index contributed by atoms with van der Waals surface area (Å²) in [7, 11) is -0.584. The van der Waals surface area contributed by atoms with Crippen molar-refractivity contribution in [3.8, 4) is 10.8 Å². The Hall–Kier alpha value is -1.67. The number of carbonyl (C=O) groups is 1. The van der Waals surface area contributed by atoms with E-state index < -0.39 is 9.73 Å². The lowest BCUT2D eigenvalue weighted by Crippen LogP contribution is -2.54. The summed E-state index contributed by atoms with van der Waals surface area (Å²) in [5, 5.41) is 1.96. The van der Waals surface area contributed by atoms with E-state index in [0.29, 0.717) is 35.4 Å². The van der Waals surface area contributed by atoms with Gasteiger partial charge in [-0.3, -0.25) is 4.79 Å². The van der Waals surface area contributed by atoms with Crippen molar-refractivity contribution in [2.75, 3.05) is 25.1 Å². The molecule has 1 amide bonds. The number of rotatable bonds is 2. The number of aromatic nitrogens is 1. The Kier molecular flexibility index (Phi) is 4.43. The average Bonchev–Trinajstić information content (AvgIpc) is 3.34. The van der Waals surface area contributed by atoms with Crippen molar-refractivity contribution in [2.45, 2.75) is 38.1 Å². The maximum Gasteiger partial charge on any atom is 0.276 e. The summed E-state index contributed by atoms with van der Waals surface area (Å²) in [6, 6.07) is 3.87. The fourth-order valence-corrected chi connectivity index (χ4v) is 7.23. The van der Waals surface area contributed by atoms with Gasteiger partial charge in [0.05, 0.1) is 16.2 Å². The summed E-state index contributed by atoms with van der Waals surface area (Å²) in [6.07, 6.45) is 3.55. The predicted molar refractivity (Wildman–Crippen MR) is 103 cm³/mol. The van der Waals surface area contributed by atoms with Gasteiger partial charge in [-0.15, -0.1) is 11.3 Å². The standard InChI is InChI=1S/C18H23N3O3S2/c1-13-15(20-16(24-13)14-6-3-10-25-14)17(22)21-9-4-7-18(21)8-5-11-26(23,12-18)19-2/h3,6,10H,4-5,7-9,11-12H2,1-2H3. The summed E-state index contributed by atoms with van der Waals surface area (Å²) in [5.74, 6) is 2.05. The van der Waals surface area contributed by atoms with E-state index in [2.05, 4.69) is 9.35 Å². The second kappa shape index (κ2) is 6.49. The highest BCUT2D eigenvalue weighted by Gasteiger charge is 2.48. The molecule has 0 bridgehead atoms. The van der Waals surface area contributed by atoms with Crippen LogP contribution in [0.3, 0.4) is 0 Å². The molecule has 2 aliphatic rings. The zero-order valence-corrected chi connectivity index (χ0v) is 16.7. The summed E-state index contributed by atoms with van der Waals surface area (Å²) in [6.45, 7) is 2.46. The second-order valence-corrected chi connectivity index (χ2v) is 10.6. The Morgan fingerprint density at radius 2 is 2.23 bits per heavy atom. The molecule has 2 aliphatic heterocycles. The van der Waals surface area contributed by atoms with Crippen LogP contribution in [-0.2, 0) is 9.73 Å². The molecular formula is C18H23N3O3S2. The molecule has 0 saturated carbocycles. The highest BCUT2D eigenvalue weighted by atomic mass is 32.2. The molecule has 1 spiro atoms. The third kappa shape index (κ3) is 2.89. The van der Waals surface area contributed by atoms with Crippen LogP contribution in [0, 0.1) is 6.92 Å². The van der Waals surface area contributed by atoms with E-state index in [1.165, 1.54) is 11.3 Å². The number of thiophene rings is 1. The molecular weight excluding hydrogens is 370 g/mol. The van der Waals surface area contributed by atoms with Gasteiger partial charge in [-0.1, -0.05) is 6.07 Å². The van der Waals surface area contributed by atoms with Crippen LogP contribution in [0.15, 0.2) is 26.3 Å². The van der Waals surface area contributed by atoms with E-state index in [0.717, 1.165) is 30.6 Å². The topological polar surface area (TPSA) is 75.8 Å². The van der Waals surface area contributed by atoms with Gasteiger partial charge in [0.15, 0.2) is 5.69 Å². The molecule has 2 atom stereocenters. The van der Waals surface area contributed by atoms with Crippen LogP contribution in [-0.4, -0.2) is 50.6 Å². The minimum Gasteiger partial charge on any atom is -0.440 e. The van der Waals surface area contributed by atoms with Crippen LogP contribution in [0.25, 0.3) is 10.8 Å². The first kappa shape index (κ1) is 17.7. The van der Waals surface area contributed by atoms with E-state index in [4.69, 9.17) is 4.42 Å². The maximum atomic E-state index is 13.3. The molecule has 8 heteroatoms. The minimum atomic E-state index is -2.22. The highest BCUT2D eigenvalue weighted by Crippen LogP contribution is 2.40. The highest BCUT2D eigenvalue weighted by molar-refractivity contribution is 7.93. The molecule has 2 aromatic heterocycles. The molecule has 26 heavy (non-hydrogen) atoms. The maximum absolute atomic E-state index is 13.3. The third-order valence-corrected chi connectivity index (χ3v) is 8.94. The van der Waals surface area contributed by atoms with Gasteiger partial charge in [0.25, 0.3) is 5.91 Å². The Balaban J connectivity index is 1.67. The number of hydrogen-bond donors (Lipinski definition) is 0. The Morgan fingerprint density at radius 1 is 1.42 bits per heavy atom. The van der Waals surface area contributed by atoms with Crippen molar-refractivity contribution in [2.24, 2.45) is 4.36 Å². The van der Waals surface area contributed by atoms with Gasteiger partial charge in [-0.05, 0) is 44.1 Å². The first-order chi connectivity index (χ1) is 12.5. The molecule has 0 aliphatic carbocycles. The summed E-state index contributed by atoms with van der Waals surface area (Å²) >= 11 is 1.53. The molecule has 2 unspecified atom stereocenters. The predicted octanol–water partition coefficient (Wildman–Crippen LogP) is 3.58. The van der Waals surface area contributed by atoms with E-state index in [1.54, 1.807) is 14.0 Å². The van der Waals surface area contributed by atoms with Gasteiger partial charge < -0.3 is 9.32 Å². The van der Waals surface area contributed by atoms with E-state index in [-0.39, 0.29) is 11.4 Å². The van der Waals surface area contributed by atoms with Crippen molar-refractivity contribution in [3.63, 3.8) is 0 Å². The van der Waals surface area contributed by atoms with E-state index >= 15 is 0 Å². The van der Waals surface area contributed by atoms with Gasteiger partial charge in [0.2, 0.25) is 5.89 Å². The van der Waals surface area contributed by atoms with Crippen LogP contribution in [0.1, 0.15) is 41.9 Å². The smallest absolute Gasteiger partial charge is 0.276 e. The molecule has 4 heterocycles. The minimum absolute atomic E-state index is 0.105. The molecule has 0 radical (unpaired) electrons. The van der Waals surface area contributed by atoms with Gasteiger partial charge >= 0.3 is 0 Å². The number of aryl methyl sites for hydroxylation is 1. The fraction of sp³-hybridized carbons (Fsp3) is 0.556.